The van der Waals surface area contributed by atoms with E-state index in [9.17, 15) is 0 Å². The number of nitrogens with two attached hydrogens (primary N) is 3. The summed E-state index contributed by atoms with van der Waals surface area (Å²) in [5.74, 6) is 5.69. The zero-order valence-electron chi connectivity index (χ0n) is 7.10. The van der Waals surface area contributed by atoms with Crippen LogP contribution in [0, 0.1) is 0 Å². The fourth-order valence-electron chi connectivity index (χ4n) is 1.03. The van der Waals surface area contributed by atoms with Crippen LogP contribution in [0.1, 0.15) is 0 Å². The fourth-order valence-corrected chi connectivity index (χ4v) is 1.03. The first-order valence-corrected chi connectivity index (χ1v) is 3.73. The largest absolute Gasteiger partial charge is 0.383 e. The highest BCUT2D eigenvalue weighted by atomic mass is 15.3. The van der Waals surface area contributed by atoms with Crippen molar-refractivity contribution in [3.63, 3.8) is 0 Å². The zero-order valence-corrected chi connectivity index (χ0v) is 7.10. The molecule has 0 bridgehead atoms. The Balaban J connectivity index is 2.75. The van der Waals surface area contributed by atoms with Crippen LogP contribution < -0.4 is 22.7 Å². The molecule has 7 N–H and O–H groups in total. The molecule has 0 fully saturated rings. The van der Waals surface area contributed by atoms with E-state index in [0.29, 0.717) is 11.0 Å². The molecule has 0 radical (unpaired) electrons. The highest BCUT2D eigenvalue weighted by Gasteiger charge is 2.05. The third kappa shape index (κ3) is 1.23. The van der Waals surface area contributed by atoms with E-state index in [-0.39, 0.29) is 17.7 Å². The summed E-state index contributed by atoms with van der Waals surface area (Å²) in [5.41, 5.74) is 13.6. The van der Waals surface area contributed by atoms with Crippen LogP contribution in [0.15, 0.2) is 6.20 Å². The molecule has 0 aromatic carbocycles. The zero-order chi connectivity index (χ0) is 10.1. The van der Waals surface area contributed by atoms with Gasteiger partial charge in [0.05, 0.1) is 5.39 Å². The minimum atomic E-state index is 0.0664. The molecule has 2 aromatic rings. The first kappa shape index (κ1) is 8.38. The van der Waals surface area contributed by atoms with Crippen molar-refractivity contribution >= 4 is 28.7 Å². The van der Waals surface area contributed by atoms with Crippen LogP contribution in [0.2, 0.25) is 0 Å². The number of hydrogen-bond donors (Lipinski definition) is 4. The van der Waals surface area contributed by atoms with Crippen molar-refractivity contribution in [2.24, 2.45) is 5.84 Å². The van der Waals surface area contributed by atoms with Crippen LogP contribution in [0.25, 0.3) is 11.0 Å². The number of aromatic nitrogens is 4. The van der Waals surface area contributed by atoms with Crippen LogP contribution in [0.4, 0.5) is 17.7 Å². The summed E-state index contributed by atoms with van der Waals surface area (Å²) in [6, 6.07) is 0. The number of rotatable bonds is 1. The lowest BCUT2D eigenvalue weighted by atomic mass is 10.4. The maximum atomic E-state index is 5.59. The Hall–Kier alpha value is -2.22. The Morgan fingerprint density at radius 2 is 1.93 bits per heavy atom. The van der Waals surface area contributed by atoms with E-state index in [4.69, 9.17) is 17.3 Å². The lowest BCUT2D eigenvalue weighted by Gasteiger charge is -2.02. The fraction of sp³-hybridized carbons (Fsp3) is 0. The van der Waals surface area contributed by atoms with Gasteiger partial charge in [-0.05, 0) is 0 Å². The third-order valence-electron chi connectivity index (χ3n) is 1.63. The Morgan fingerprint density at radius 1 is 1.14 bits per heavy atom. The van der Waals surface area contributed by atoms with Crippen molar-refractivity contribution < 1.29 is 0 Å². The molecule has 0 saturated heterocycles. The molecule has 0 saturated carbocycles. The number of nitrogen functional groups attached to an aromatic ring is 3. The smallest absolute Gasteiger partial charge is 0.239 e. The third-order valence-corrected chi connectivity index (χ3v) is 1.63. The van der Waals surface area contributed by atoms with Gasteiger partial charge in [0, 0.05) is 6.20 Å². The summed E-state index contributed by atoms with van der Waals surface area (Å²) in [5, 5.41) is 0.540. The van der Waals surface area contributed by atoms with Gasteiger partial charge < -0.3 is 11.5 Å². The maximum Gasteiger partial charge on any atom is 0.239 e. The first-order chi connectivity index (χ1) is 6.70. The van der Waals surface area contributed by atoms with Crippen LogP contribution in [0.5, 0.6) is 0 Å². The molecule has 14 heavy (non-hydrogen) atoms. The molecule has 72 valence electrons. The van der Waals surface area contributed by atoms with Gasteiger partial charge >= 0.3 is 0 Å². The second-order valence-corrected chi connectivity index (χ2v) is 2.54. The normalized spacial score (nSPS) is 10.4. The van der Waals surface area contributed by atoms with Crippen molar-refractivity contribution in [3.8, 4) is 0 Å². The van der Waals surface area contributed by atoms with E-state index in [2.05, 4.69) is 25.4 Å². The summed E-state index contributed by atoms with van der Waals surface area (Å²) in [7, 11) is 0. The van der Waals surface area contributed by atoms with E-state index in [1.807, 2.05) is 0 Å². The molecular formula is C6H8N8. The number of hydrazine groups is 1. The average molecular weight is 192 g/mol. The van der Waals surface area contributed by atoms with Gasteiger partial charge in [-0.2, -0.15) is 15.0 Å². The standard InChI is InChI=1S/C6H8N8/c7-3-2-1-10-6(14-9)13-4(2)12-5(8)11-3/h1H,9H2,(H5,7,8,10,11,12,13,14). The van der Waals surface area contributed by atoms with E-state index in [1.54, 1.807) is 0 Å². The predicted octanol–water partition coefficient (Wildman–Crippen LogP) is -1.13. The highest BCUT2D eigenvalue weighted by molar-refractivity contribution is 5.85. The van der Waals surface area contributed by atoms with E-state index < -0.39 is 0 Å². The molecule has 0 amide bonds. The molecule has 0 atom stereocenters. The van der Waals surface area contributed by atoms with Gasteiger partial charge in [-0.15, -0.1) is 0 Å². The summed E-state index contributed by atoms with van der Waals surface area (Å²) < 4.78 is 0. The maximum absolute atomic E-state index is 5.59. The van der Waals surface area contributed by atoms with Gasteiger partial charge in [-0.25, -0.2) is 10.8 Å². The summed E-state index contributed by atoms with van der Waals surface area (Å²) in [6.07, 6.45) is 1.48. The quantitative estimate of drug-likeness (QED) is 0.328. The van der Waals surface area contributed by atoms with E-state index in [0.717, 1.165) is 0 Å². The van der Waals surface area contributed by atoms with Gasteiger partial charge in [0.15, 0.2) is 5.65 Å². The lowest BCUT2D eigenvalue weighted by molar-refractivity contribution is 1.12. The van der Waals surface area contributed by atoms with Crippen LogP contribution in [-0.2, 0) is 0 Å². The Morgan fingerprint density at radius 3 is 2.64 bits per heavy atom. The minimum absolute atomic E-state index is 0.0664. The van der Waals surface area contributed by atoms with Crippen molar-refractivity contribution in [1.29, 1.82) is 0 Å². The molecule has 0 spiro atoms. The molecule has 2 aromatic heterocycles. The second kappa shape index (κ2) is 2.92. The van der Waals surface area contributed by atoms with E-state index >= 15 is 0 Å². The Labute approximate surface area is 78.5 Å². The van der Waals surface area contributed by atoms with Crippen molar-refractivity contribution in [1.82, 2.24) is 19.9 Å². The molecule has 8 heteroatoms. The van der Waals surface area contributed by atoms with Crippen molar-refractivity contribution in [2.75, 3.05) is 16.9 Å². The molecule has 8 nitrogen and oxygen atoms in total. The second-order valence-electron chi connectivity index (χ2n) is 2.54. The van der Waals surface area contributed by atoms with Gasteiger partial charge in [-0.3, -0.25) is 5.43 Å². The summed E-state index contributed by atoms with van der Waals surface area (Å²) >= 11 is 0. The molecule has 0 unspecified atom stereocenters. The van der Waals surface area contributed by atoms with Crippen molar-refractivity contribution in [3.05, 3.63) is 6.20 Å². The predicted molar refractivity (Wildman–Crippen MR) is 51.8 cm³/mol. The van der Waals surface area contributed by atoms with Crippen LogP contribution in [0.3, 0.4) is 0 Å². The van der Waals surface area contributed by atoms with Crippen molar-refractivity contribution in [2.45, 2.75) is 0 Å². The summed E-state index contributed by atoms with van der Waals surface area (Å²) in [4.78, 5) is 15.5. The Kier molecular flexibility index (Phi) is 1.75. The minimum Gasteiger partial charge on any atom is -0.383 e. The monoisotopic (exact) mass is 192 g/mol. The van der Waals surface area contributed by atoms with Gasteiger partial charge in [-0.1, -0.05) is 0 Å². The number of hydrogen-bond acceptors (Lipinski definition) is 8. The van der Waals surface area contributed by atoms with Crippen LogP contribution in [-0.4, -0.2) is 19.9 Å². The van der Waals surface area contributed by atoms with Gasteiger partial charge in [0.25, 0.3) is 0 Å². The van der Waals surface area contributed by atoms with Crippen LogP contribution >= 0.6 is 0 Å². The first-order valence-electron chi connectivity index (χ1n) is 3.73. The van der Waals surface area contributed by atoms with Gasteiger partial charge in [0.2, 0.25) is 11.9 Å². The molecule has 2 heterocycles. The molecule has 2 rings (SSSR count). The Bertz CT molecular complexity index is 480. The number of nitrogens with one attached hydrogen (secondary N) is 1. The van der Waals surface area contributed by atoms with Gasteiger partial charge in [0.1, 0.15) is 5.82 Å². The number of nitrogens with zero attached hydrogens (tertiary/aromatic N) is 4. The SMILES string of the molecule is NNc1ncc2c(N)nc(N)nc2n1. The molecule has 0 aliphatic rings. The average Bonchev–Trinajstić information content (AvgIpc) is 2.16. The molecular weight excluding hydrogens is 184 g/mol. The van der Waals surface area contributed by atoms with E-state index in [1.165, 1.54) is 6.20 Å². The number of anilines is 3. The summed E-state index contributed by atoms with van der Waals surface area (Å²) in [6.45, 7) is 0. The lowest BCUT2D eigenvalue weighted by Crippen LogP contribution is -2.11. The molecule has 0 aliphatic carbocycles. The molecule has 0 aliphatic heterocycles. The number of fused-ring (bicyclic) bond motifs is 1. The topological polar surface area (TPSA) is 142 Å². The highest BCUT2D eigenvalue weighted by Crippen LogP contribution is 2.16.